The van der Waals surface area contributed by atoms with Crippen molar-refractivity contribution in [3.63, 3.8) is 0 Å². The highest BCUT2D eigenvalue weighted by molar-refractivity contribution is 5.22. The molecule has 2 rings (SSSR count). The fourth-order valence-electron chi connectivity index (χ4n) is 2.57. The van der Waals surface area contributed by atoms with Crippen molar-refractivity contribution < 1.29 is 5.11 Å². The zero-order valence-corrected chi connectivity index (χ0v) is 12.3. The minimum atomic E-state index is -0.387. The number of aryl methyl sites for hydroxylation is 1. The van der Waals surface area contributed by atoms with Crippen molar-refractivity contribution in [3.05, 3.63) is 65.5 Å². The van der Waals surface area contributed by atoms with Crippen LogP contribution in [0.3, 0.4) is 0 Å². The summed E-state index contributed by atoms with van der Waals surface area (Å²) in [6, 6.07) is 14.4. The molecule has 2 unspecified atom stereocenters. The molecule has 0 aliphatic carbocycles. The molecule has 1 aromatic carbocycles. The Bertz CT molecular complexity index is 507. The number of aliphatic hydroxyl groups excluding tert-OH is 1. The summed E-state index contributed by atoms with van der Waals surface area (Å²) < 4.78 is 0. The number of nitrogens with zero attached hydrogens (tertiary/aromatic N) is 1. The molecule has 106 valence electrons. The second kappa shape index (κ2) is 7.20. The third-order valence-corrected chi connectivity index (χ3v) is 3.84. The largest absolute Gasteiger partial charge is 0.392 e. The fourth-order valence-corrected chi connectivity index (χ4v) is 2.57. The number of hydrogen-bond acceptors (Lipinski definition) is 2. The lowest BCUT2D eigenvalue weighted by Gasteiger charge is -2.22. The Balaban J connectivity index is 2.07. The molecule has 2 nitrogen and oxygen atoms in total. The standard InChI is InChI=1S/C18H23NO/c1-3-14-10-11-16(19-13-14)12-18(20)17(4-2)15-8-6-5-7-9-15/h5-11,13,17-18,20H,3-4,12H2,1-2H3. The molecule has 0 amide bonds. The van der Waals surface area contributed by atoms with Crippen molar-refractivity contribution in [2.75, 3.05) is 0 Å². The van der Waals surface area contributed by atoms with Crippen LogP contribution in [-0.2, 0) is 12.8 Å². The van der Waals surface area contributed by atoms with Crippen LogP contribution in [-0.4, -0.2) is 16.2 Å². The molecule has 0 spiro atoms. The monoisotopic (exact) mass is 269 g/mol. The van der Waals surface area contributed by atoms with Gasteiger partial charge in [-0.25, -0.2) is 0 Å². The van der Waals surface area contributed by atoms with Crippen LogP contribution in [0.25, 0.3) is 0 Å². The summed E-state index contributed by atoms with van der Waals surface area (Å²) in [5.74, 6) is 0.170. The number of rotatable bonds is 6. The first-order chi connectivity index (χ1) is 9.74. The third-order valence-electron chi connectivity index (χ3n) is 3.84. The van der Waals surface area contributed by atoms with Gasteiger partial charge in [0, 0.05) is 24.2 Å². The molecule has 0 aliphatic rings. The van der Waals surface area contributed by atoms with Crippen molar-refractivity contribution in [3.8, 4) is 0 Å². The summed E-state index contributed by atoms with van der Waals surface area (Å²) in [6.07, 6.45) is 4.06. The normalized spacial score (nSPS) is 13.9. The van der Waals surface area contributed by atoms with Gasteiger partial charge in [-0.05, 0) is 30.0 Å². The number of benzene rings is 1. The van der Waals surface area contributed by atoms with Crippen molar-refractivity contribution in [2.24, 2.45) is 0 Å². The number of aliphatic hydroxyl groups is 1. The molecule has 2 atom stereocenters. The lowest BCUT2D eigenvalue weighted by Crippen LogP contribution is -2.21. The SMILES string of the molecule is CCc1ccc(CC(O)C(CC)c2ccccc2)nc1. The van der Waals surface area contributed by atoms with Crippen LogP contribution in [0.4, 0.5) is 0 Å². The number of pyridine rings is 1. The molecule has 0 bridgehead atoms. The van der Waals surface area contributed by atoms with E-state index in [1.165, 1.54) is 11.1 Å². The van der Waals surface area contributed by atoms with Gasteiger partial charge in [0.25, 0.3) is 0 Å². The highest BCUT2D eigenvalue weighted by Crippen LogP contribution is 2.25. The summed E-state index contributed by atoms with van der Waals surface area (Å²) >= 11 is 0. The van der Waals surface area contributed by atoms with Gasteiger partial charge < -0.3 is 5.11 Å². The van der Waals surface area contributed by atoms with E-state index in [0.29, 0.717) is 6.42 Å². The van der Waals surface area contributed by atoms with Crippen LogP contribution < -0.4 is 0 Å². The zero-order valence-electron chi connectivity index (χ0n) is 12.3. The highest BCUT2D eigenvalue weighted by Gasteiger charge is 2.19. The topological polar surface area (TPSA) is 33.1 Å². The minimum absolute atomic E-state index is 0.170. The van der Waals surface area contributed by atoms with Gasteiger partial charge in [0.05, 0.1) is 6.10 Å². The Hall–Kier alpha value is -1.67. The van der Waals surface area contributed by atoms with Crippen molar-refractivity contribution in [2.45, 2.75) is 45.1 Å². The van der Waals surface area contributed by atoms with Crippen molar-refractivity contribution in [1.29, 1.82) is 0 Å². The molecule has 2 aromatic rings. The van der Waals surface area contributed by atoms with Gasteiger partial charge >= 0.3 is 0 Å². The fraction of sp³-hybridized carbons (Fsp3) is 0.389. The highest BCUT2D eigenvalue weighted by atomic mass is 16.3. The molecular weight excluding hydrogens is 246 g/mol. The maximum atomic E-state index is 10.5. The van der Waals surface area contributed by atoms with Gasteiger partial charge in [-0.15, -0.1) is 0 Å². The predicted molar refractivity (Wildman–Crippen MR) is 82.8 cm³/mol. The maximum absolute atomic E-state index is 10.5. The minimum Gasteiger partial charge on any atom is -0.392 e. The summed E-state index contributed by atoms with van der Waals surface area (Å²) in [4.78, 5) is 4.44. The summed E-state index contributed by atoms with van der Waals surface area (Å²) in [6.45, 7) is 4.24. The Morgan fingerprint density at radius 1 is 1.05 bits per heavy atom. The van der Waals surface area contributed by atoms with Crippen LogP contribution in [0.2, 0.25) is 0 Å². The van der Waals surface area contributed by atoms with Gasteiger partial charge in [0.15, 0.2) is 0 Å². The molecule has 0 saturated heterocycles. The van der Waals surface area contributed by atoms with E-state index in [9.17, 15) is 5.11 Å². The zero-order chi connectivity index (χ0) is 14.4. The summed E-state index contributed by atoms with van der Waals surface area (Å²) in [5.41, 5.74) is 3.40. The number of hydrogen-bond donors (Lipinski definition) is 1. The second-order valence-corrected chi connectivity index (χ2v) is 5.21. The first-order valence-electron chi connectivity index (χ1n) is 7.41. The molecule has 2 heteroatoms. The summed E-state index contributed by atoms with van der Waals surface area (Å²) in [7, 11) is 0. The average molecular weight is 269 g/mol. The molecule has 1 heterocycles. The van der Waals surface area contributed by atoms with Crippen LogP contribution in [0.15, 0.2) is 48.7 Å². The maximum Gasteiger partial charge on any atom is 0.0663 e. The van der Waals surface area contributed by atoms with E-state index < -0.39 is 0 Å². The Labute approximate surface area is 121 Å². The lowest BCUT2D eigenvalue weighted by atomic mass is 9.88. The number of aromatic nitrogens is 1. The van der Waals surface area contributed by atoms with Crippen molar-refractivity contribution >= 4 is 0 Å². The lowest BCUT2D eigenvalue weighted by molar-refractivity contribution is 0.139. The van der Waals surface area contributed by atoms with E-state index in [4.69, 9.17) is 0 Å². The van der Waals surface area contributed by atoms with Gasteiger partial charge in [0.2, 0.25) is 0 Å². The first kappa shape index (κ1) is 14.7. The van der Waals surface area contributed by atoms with Gasteiger partial charge in [0.1, 0.15) is 0 Å². The van der Waals surface area contributed by atoms with E-state index in [1.807, 2.05) is 30.5 Å². The van der Waals surface area contributed by atoms with E-state index in [0.717, 1.165) is 18.5 Å². The molecular formula is C18H23NO. The molecule has 20 heavy (non-hydrogen) atoms. The third kappa shape index (κ3) is 3.67. The smallest absolute Gasteiger partial charge is 0.0663 e. The molecule has 0 radical (unpaired) electrons. The molecule has 0 fully saturated rings. The van der Waals surface area contributed by atoms with Crippen LogP contribution in [0.5, 0.6) is 0 Å². The Morgan fingerprint density at radius 3 is 2.35 bits per heavy atom. The first-order valence-corrected chi connectivity index (χ1v) is 7.41. The van der Waals surface area contributed by atoms with Crippen LogP contribution >= 0.6 is 0 Å². The van der Waals surface area contributed by atoms with Gasteiger partial charge in [-0.2, -0.15) is 0 Å². The molecule has 0 aliphatic heterocycles. The van der Waals surface area contributed by atoms with E-state index in [2.05, 4.69) is 37.0 Å². The quantitative estimate of drug-likeness (QED) is 0.866. The van der Waals surface area contributed by atoms with Crippen LogP contribution in [0.1, 0.15) is 43.0 Å². The van der Waals surface area contributed by atoms with E-state index >= 15 is 0 Å². The average Bonchev–Trinajstić information content (AvgIpc) is 2.50. The molecule has 0 saturated carbocycles. The van der Waals surface area contributed by atoms with Gasteiger partial charge in [-0.1, -0.05) is 50.2 Å². The molecule has 1 N–H and O–H groups in total. The predicted octanol–water partition coefficient (Wildman–Crippen LogP) is 3.74. The Morgan fingerprint density at radius 2 is 1.80 bits per heavy atom. The summed E-state index contributed by atoms with van der Waals surface area (Å²) in [5, 5.41) is 10.5. The van der Waals surface area contributed by atoms with E-state index in [1.54, 1.807) is 0 Å². The Kier molecular flexibility index (Phi) is 5.31. The molecule has 1 aromatic heterocycles. The van der Waals surface area contributed by atoms with Crippen LogP contribution in [0, 0.1) is 0 Å². The van der Waals surface area contributed by atoms with Crippen molar-refractivity contribution in [1.82, 2.24) is 4.98 Å². The van der Waals surface area contributed by atoms with E-state index in [-0.39, 0.29) is 12.0 Å². The van der Waals surface area contributed by atoms with Gasteiger partial charge in [-0.3, -0.25) is 4.98 Å². The second-order valence-electron chi connectivity index (χ2n) is 5.21.